The molecule has 1 aromatic carbocycles. The van der Waals surface area contributed by atoms with Gasteiger partial charge in [0.25, 0.3) is 5.69 Å². The summed E-state index contributed by atoms with van der Waals surface area (Å²) >= 11 is 0. The van der Waals surface area contributed by atoms with E-state index in [1.165, 1.54) is 24.4 Å². The molecule has 0 unspecified atom stereocenters. The van der Waals surface area contributed by atoms with Crippen LogP contribution in [0.15, 0.2) is 42.0 Å². The summed E-state index contributed by atoms with van der Waals surface area (Å²) in [6, 6.07) is 5.98. The molecule has 0 fully saturated rings. The highest BCUT2D eigenvalue weighted by Crippen LogP contribution is 2.14. The van der Waals surface area contributed by atoms with E-state index in [9.17, 15) is 10.1 Å². The van der Waals surface area contributed by atoms with Crippen LogP contribution in [0.2, 0.25) is 0 Å². The maximum absolute atomic E-state index is 10.3. The minimum absolute atomic E-state index is 0.0586. The van der Waals surface area contributed by atoms with E-state index in [4.69, 9.17) is 0 Å². The van der Waals surface area contributed by atoms with Gasteiger partial charge in [0.05, 0.1) is 10.6 Å². The molecule has 14 heavy (non-hydrogen) atoms. The molecule has 0 spiro atoms. The number of nitrogens with zero attached hydrogens (tertiary/aromatic N) is 2. The highest BCUT2D eigenvalue weighted by molar-refractivity contribution is 5.71. The van der Waals surface area contributed by atoms with Gasteiger partial charge in [-0.1, -0.05) is 6.58 Å². The molecule has 0 bridgehead atoms. The lowest BCUT2D eigenvalue weighted by Crippen LogP contribution is -1.90. The number of hydrazone groups is 1. The Morgan fingerprint density at radius 1 is 1.43 bits per heavy atom. The zero-order valence-corrected chi connectivity index (χ0v) is 7.38. The third-order valence-electron chi connectivity index (χ3n) is 1.45. The largest absolute Gasteiger partial charge is 0.279 e. The van der Waals surface area contributed by atoms with Gasteiger partial charge in [0.15, 0.2) is 0 Å². The Hall–Kier alpha value is -2.17. The molecule has 5 heteroatoms. The van der Waals surface area contributed by atoms with Crippen molar-refractivity contribution in [2.45, 2.75) is 0 Å². The number of nitrogens with one attached hydrogen (secondary N) is 1. The number of hydrogen-bond donors (Lipinski definition) is 1. The van der Waals surface area contributed by atoms with Crippen molar-refractivity contribution in [3.63, 3.8) is 0 Å². The second-order valence-corrected chi connectivity index (χ2v) is 2.43. The van der Waals surface area contributed by atoms with E-state index in [0.717, 1.165) is 0 Å². The van der Waals surface area contributed by atoms with Crippen LogP contribution < -0.4 is 5.43 Å². The highest BCUT2D eigenvalue weighted by atomic mass is 16.6. The maximum Gasteiger partial charge on any atom is 0.269 e. The van der Waals surface area contributed by atoms with Gasteiger partial charge in [-0.25, -0.2) is 0 Å². The Labute approximate surface area is 80.9 Å². The van der Waals surface area contributed by atoms with Gasteiger partial charge in [0, 0.05) is 18.3 Å². The molecule has 0 aliphatic carbocycles. The molecule has 0 amide bonds. The van der Waals surface area contributed by atoms with Gasteiger partial charge >= 0.3 is 0 Å². The van der Waals surface area contributed by atoms with Crippen molar-refractivity contribution in [2.75, 3.05) is 5.43 Å². The number of nitro groups is 1. The third-order valence-corrected chi connectivity index (χ3v) is 1.45. The topological polar surface area (TPSA) is 67.5 Å². The van der Waals surface area contributed by atoms with Crippen LogP contribution in [0.5, 0.6) is 0 Å². The smallest absolute Gasteiger partial charge is 0.269 e. The Morgan fingerprint density at radius 3 is 2.57 bits per heavy atom. The summed E-state index contributed by atoms with van der Waals surface area (Å²) in [6.45, 7) is 3.45. The van der Waals surface area contributed by atoms with Gasteiger partial charge in [-0.05, 0) is 18.2 Å². The molecule has 1 rings (SSSR count). The first-order valence-corrected chi connectivity index (χ1v) is 3.88. The predicted octanol–water partition coefficient (Wildman–Crippen LogP) is 2.18. The average molecular weight is 191 g/mol. The van der Waals surface area contributed by atoms with E-state index in [1.54, 1.807) is 12.1 Å². The Morgan fingerprint density at radius 2 is 2.07 bits per heavy atom. The predicted molar refractivity (Wildman–Crippen MR) is 55.4 cm³/mol. The van der Waals surface area contributed by atoms with Crippen molar-refractivity contribution in [3.05, 3.63) is 47.0 Å². The number of hydrogen-bond acceptors (Lipinski definition) is 4. The zero-order chi connectivity index (χ0) is 10.4. The van der Waals surface area contributed by atoms with Crippen molar-refractivity contribution in [1.29, 1.82) is 0 Å². The number of allylic oxidation sites excluding steroid dienone is 1. The van der Waals surface area contributed by atoms with Crippen molar-refractivity contribution in [3.8, 4) is 0 Å². The lowest BCUT2D eigenvalue weighted by Gasteiger charge is -1.97. The summed E-state index contributed by atoms with van der Waals surface area (Å²) in [5, 5.41) is 14.1. The molecule has 5 nitrogen and oxygen atoms in total. The second kappa shape index (κ2) is 4.76. The first-order valence-electron chi connectivity index (χ1n) is 3.88. The van der Waals surface area contributed by atoms with Crippen LogP contribution in [0.1, 0.15) is 0 Å². The van der Waals surface area contributed by atoms with E-state index in [2.05, 4.69) is 17.1 Å². The number of nitro benzene ring substituents is 1. The quantitative estimate of drug-likeness (QED) is 0.450. The molecular weight excluding hydrogens is 182 g/mol. The van der Waals surface area contributed by atoms with Crippen LogP contribution in [-0.2, 0) is 0 Å². The summed E-state index contributed by atoms with van der Waals surface area (Å²) in [6.07, 6.45) is 3.01. The average Bonchev–Trinajstić information content (AvgIpc) is 2.19. The summed E-state index contributed by atoms with van der Waals surface area (Å²) in [5.74, 6) is 0. The van der Waals surface area contributed by atoms with Crippen molar-refractivity contribution in [1.82, 2.24) is 0 Å². The van der Waals surface area contributed by atoms with Crippen molar-refractivity contribution < 1.29 is 4.92 Å². The van der Waals surface area contributed by atoms with E-state index in [0.29, 0.717) is 5.69 Å². The lowest BCUT2D eigenvalue weighted by molar-refractivity contribution is -0.384. The monoisotopic (exact) mass is 191 g/mol. The highest BCUT2D eigenvalue weighted by Gasteiger charge is 2.02. The van der Waals surface area contributed by atoms with E-state index in [-0.39, 0.29) is 5.69 Å². The van der Waals surface area contributed by atoms with E-state index in [1.807, 2.05) is 0 Å². The second-order valence-electron chi connectivity index (χ2n) is 2.43. The van der Waals surface area contributed by atoms with Gasteiger partial charge in [0.2, 0.25) is 0 Å². The molecule has 0 saturated carbocycles. The molecule has 0 aromatic heterocycles. The summed E-state index contributed by atoms with van der Waals surface area (Å²) in [4.78, 5) is 9.87. The Balaban J connectivity index is 2.68. The minimum Gasteiger partial charge on any atom is -0.279 e. The van der Waals surface area contributed by atoms with Crippen molar-refractivity contribution >= 4 is 17.6 Å². The number of rotatable bonds is 4. The van der Waals surface area contributed by atoms with E-state index >= 15 is 0 Å². The maximum atomic E-state index is 10.3. The molecule has 0 aliphatic rings. The summed E-state index contributed by atoms with van der Waals surface area (Å²) < 4.78 is 0. The molecule has 0 heterocycles. The molecule has 0 atom stereocenters. The van der Waals surface area contributed by atoms with Crippen molar-refractivity contribution in [2.24, 2.45) is 5.10 Å². The van der Waals surface area contributed by atoms with Gasteiger partial charge in [0.1, 0.15) is 0 Å². The lowest BCUT2D eigenvalue weighted by atomic mass is 10.3. The van der Waals surface area contributed by atoms with Gasteiger partial charge in [-0.3, -0.25) is 15.5 Å². The standard InChI is InChI=1S/C9H9N3O2/c1-2-7-10-11-8-3-5-9(6-4-8)12(13)14/h2-7,11H,1H2/b10-7+. The molecule has 0 aliphatic heterocycles. The number of benzene rings is 1. The number of non-ortho nitro benzene ring substituents is 1. The fourth-order valence-corrected chi connectivity index (χ4v) is 0.822. The zero-order valence-electron chi connectivity index (χ0n) is 7.38. The third kappa shape index (κ3) is 2.71. The normalized spacial score (nSPS) is 10.0. The fraction of sp³-hybridized carbons (Fsp3) is 0. The van der Waals surface area contributed by atoms with Gasteiger partial charge < -0.3 is 0 Å². The van der Waals surface area contributed by atoms with Crippen LogP contribution in [0.3, 0.4) is 0 Å². The molecule has 1 aromatic rings. The van der Waals surface area contributed by atoms with Crippen LogP contribution in [0.4, 0.5) is 11.4 Å². The summed E-state index contributed by atoms with van der Waals surface area (Å²) in [5.41, 5.74) is 3.43. The van der Waals surface area contributed by atoms with E-state index < -0.39 is 4.92 Å². The Kier molecular flexibility index (Phi) is 3.37. The van der Waals surface area contributed by atoms with Gasteiger partial charge in [-0.15, -0.1) is 0 Å². The fourth-order valence-electron chi connectivity index (χ4n) is 0.822. The first-order chi connectivity index (χ1) is 6.74. The summed E-state index contributed by atoms with van der Waals surface area (Å²) in [7, 11) is 0. The Bertz CT molecular complexity index is 357. The minimum atomic E-state index is -0.448. The molecule has 72 valence electrons. The van der Waals surface area contributed by atoms with Crippen LogP contribution >= 0.6 is 0 Å². The first kappa shape index (κ1) is 9.91. The molecule has 0 radical (unpaired) electrons. The molecular formula is C9H9N3O2. The van der Waals surface area contributed by atoms with Crippen LogP contribution in [0.25, 0.3) is 0 Å². The number of anilines is 1. The SMILES string of the molecule is C=C/C=N/Nc1ccc([N+](=O)[O-])cc1. The molecule has 1 N–H and O–H groups in total. The van der Waals surface area contributed by atoms with Crippen LogP contribution in [-0.4, -0.2) is 11.1 Å². The van der Waals surface area contributed by atoms with Gasteiger partial charge in [-0.2, -0.15) is 5.10 Å². The molecule has 0 saturated heterocycles. The van der Waals surface area contributed by atoms with Crippen LogP contribution in [0, 0.1) is 10.1 Å².